The van der Waals surface area contributed by atoms with Gasteiger partial charge < -0.3 is 4.42 Å². The van der Waals surface area contributed by atoms with Gasteiger partial charge in [-0.1, -0.05) is 78.0 Å². The molecule has 3 aromatic rings. The molecular formula is C22H16ClNO2S2. The first-order valence-electron chi connectivity index (χ1n) is 8.75. The quantitative estimate of drug-likeness (QED) is 0.368. The lowest BCUT2D eigenvalue weighted by Crippen LogP contribution is -2.30. The molecule has 0 saturated carbocycles. The Hall–Kier alpha value is -2.34. The van der Waals surface area contributed by atoms with Gasteiger partial charge in [-0.2, -0.15) is 0 Å². The lowest BCUT2D eigenvalue weighted by atomic mass is 10.1. The minimum Gasteiger partial charge on any atom is -0.457 e. The van der Waals surface area contributed by atoms with E-state index in [4.69, 9.17) is 28.2 Å². The summed E-state index contributed by atoms with van der Waals surface area (Å²) < 4.78 is 6.45. The number of benzene rings is 2. The van der Waals surface area contributed by atoms with E-state index in [0.29, 0.717) is 32.3 Å². The number of hydrogen-bond acceptors (Lipinski definition) is 4. The standard InChI is InChI=1S/C22H16ClNO2S2/c23-17-8-4-7-16(13-17)19-10-9-18(26-19)14-20-21(25)24(22(27)28-20)12-11-15-5-2-1-3-6-15/h1-10,13-14H,11-12H2. The van der Waals surface area contributed by atoms with Gasteiger partial charge in [0.1, 0.15) is 15.8 Å². The first-order chi connectivity index (χ1) is 13.6. The fourth-order valence-electron chi connectivity index (χ4n) is 2.93. The van der Waals surface area contributed by atoms with Crippen molar-refractivity contribution in [2.75, 3.05) is 6.54 Å². The van der Waals surface area contributed by atoms with Crippen LogP contribution in [0.25, 0.3) is 17.4 Å². The molecule has 1 aromatic heterocycles. The number of amides is 1. The van der Waals surface area contributed by atoms with Gasteiger partial charge in [-0.25, -0.2) is 0 Å². The van der Waals surface area contributed by atoms with Crippen LogP contribution in [0.3, 0.4) is 0 Å². The average Bonchev–Trinajstić information content (AvgIpc) is 3.26. The van der Waals surface area contributed by atoms with Crippen LogP contribution in [0.2, 0.25) is 5.02 Å². The molecule has 0 unspecified atom stereocenters. The fraction of sp³-hybridized carbons (Fsp3) is 0.0909. The second-order valence-electron chi connectivity index (χ2n) is 6.28. The molecule has 3 nitrogen and oxygen atoms in total. The Kier molecular flexibility index (Phi) is 5.67. The Morgan fingerprint density at radius 1 is 1.07 bits per heavy atom. The Morgan fingerprint density at radius 2 is 1.89 bits per heavy atom. The summed E-state index contributed by atoms with van der Waals surface area (Å²) in [7, 11) is 0. The van der Waals surface area contributed by atoms with E-state index in [-0.39, 0.29) is 5.91 Å². The van der Waals surface area contributed by atoms with Crippen molar-refractivity contribution in [1.29, 1.82) is 0 Å². The van der Waals surface area contributed by atoms with Gasteiger partial charge >= 0.3 is 0 Å². The summed E-state index contributed by atoms with van der Waals surface area (Å²) in [6.07, 6.45) is 2.51. The molecule has 0 N–H and O–H groups in total. The molecular weight excluding hydrogens is 410 g/mol. The number of furan rings is 1. The van der Waals surface area contributed by atoms with E-state index in [0.717, 1.165) is 12.0 Å². The third kappa shape index (κ3) is 4.22. The number of rotatable bonds is 5. The van der Waals surface area contributed by atoms with Crippen LogP contribution >= 0.6 is 35.6 Å². The minimum absolute atomic E-state index is 0.0772. The molecule has 1 aliphatic rings. The maximum Gasteiger partial charge on any atom is 0.266 e. The number of nitrogens with zero attached hydrogens (tertiary/aromatic N) is 1. The molecule has 6 heteroatoms. The van der Waals surface area contributed by atoms with Crippen LogP contribution in [-0.2, 0) is 11.2 Å². The van der Waals surface area contributed by atoms with E-state index < -0.39 is 0 Å². The molecule has 1 saturated heterocycles. The van der Waals surface area contributed by atoms with Gasteiger partial charge in [0, 0.05) is 23.2 Å². The lowest BCUT2D eigenvalue weighted by molar-refractivity contribution is -0.122. The molecule has 0 spiro atoms. The van der Waals surface area contributed by atoms with Crippen LogP contribution in [0.15, 0.2) is 76.1 Å². The van der Waals surface area contributed by atoms with Crippen LogP contribution < -0.4 is 0 Å². The van der Waals surface area contributed by atoms with Crippen LogP contribution in [-0.4, -0.2) is 21.7 Å². The molecule has 2 heterocycles. The zero-order valence-corrected chi connectivity index (χ0v) is 17.2. The molecule has 1 fully saturated rings. The fourth-order valence-corrected chi connectivity index (χ4v) is 4.41. The largest absolute Gasteiger partial charge is 0.457 e. The van der Waals surface area contributed by atoms with Crippen molar-refractivity contribution in [3.63, 3.8) is 0 Å². The molecule has 1 amide bonds. The normalized spacial score (nSPS) is 15.6. The van der Waals surface area contributed by atoms with Gasteiger partial charge in [-0.05, 0) is 36.2 Å². The SMILES string of the molecule is O=C1C(=Cc2ccc(-c3cccc(Cl)c3)o2)SC(=S)N1CCc1ccccc1. The van der Waals surface area contributed by atoms with Crippen LogP contribution in [0, 0.1) is 0 Å². The number of thioether (sulfide) groups is 1. The molecule has 1 aliphatic heterocycles. The highest BCUT2D eigenvalue weighted by Gasteiger charge is 2.31. The van der Waals surface area contributed by atoms with E-state index in [1.54, 1.807) is 11.0 Å². The van der Waals surface area contributed by atoms with E-state index >= 15 is 0 Å². The summed E-state index contributed by atoms with van der Waals surface area (Å²) in [5.74, 6) is 1.23. The molecule has 0 bridgehead atoms. The van der Waals surface area contributed by atoms with Crippen LogP contribution in [0.4, 0.5) is 0 Å². The van der Waals surface area contributed by atoms with E-state index in [1.807, 2.05) is 66.7 Å². The van der Waals surface area contributed by atoms with Gasteiger partial charge in [-0.3, -0.25) is 9.69 Å². The van der Waals surface area contributed by atoms with Crippen molar-refractivity contribution in [2.45, 2.75) is 6.42 Å². The van der Waals surface area contributed by atoms with Crippen molar-refractivity contribution >= 4 is 51.9 Å². The molecule has 28 heavy (non-hydrogen) atoms. The van der Waals surface area contributed by atoms with E-state index in [2.05, 4.69) is 0 Å². The van der Waals surface area contributed by atoms with Gasteiger partial charge in [0.15, 0.2) is 0 Å². The second kappa shape index (κ2) is 8.35. The third-order valence-electron chi connectivity index (χ3n) is 4.35. The molecule has 2 aromatic carbocycles. The summed E-state index contributed by atoms with van der Waals surface area (Å²) in [5.41, 5.74) is 2.07. The van der Waals surface area contributed by atoms with Gasteiger partial charge in [0.2, 0.25) is 0 Å². The summed E-state index contributed by atoms with van der Waals surface area (Å²) >= 11 is 12.8. The smallest absolute Gasteiger partial charge is 0.266 e. The zero-order valence-electron chi connectivity index (χ0n) is 14.8. The highest BCUT2D eigenvalue weighted by molar-refractivity contribution is 8.26. The Morgan fingerprint density at radius 3 is 2.68 bits per heavy atom. The molecule has 4 rings (SSSR count). The Bertz CT molecular complexity index is 1060. The van der Waals surface area contributed by atoms with Gasteiger partial charge in [0.25, 0.3) is 5.91 Å². The monoisotopic (exact) mass is 425 g/mol. The summed E-state index contributed by atoms with van der Waals surface area (Å²) in [6.45, 7) is 0.567. The van der Waals surface area contributed by atoms with Crippen LogP contribution in [0.5, 0.6) is 0 Å². The predicted octanol–water partition coefficient (Wildman–Crippen LogP) is 6.04. The highest BCUT2D eigenvalue weighted by atomic mass is 35.5. The van der Waals surface area contributed by atoms with Gasteiger partial charge in [0.05, 0.1) is 4.91 Å². The van der Waals surface area contributed by atoms with Crippen molar-refractivity contribution in [1.82, 2.24) is 4.90 Å². The van der Waals surface area contributed by atoms with Gasteiger partial charge in [-0.15, -0.1) is 0 Å². The van der Waals surface area contributed by atoms with Crippen molar-refractivity contribution in [3.05, 3.63) is 88.0 Å². The molecule has 0 aliphatic carbocycles. The summed E-state index contributed by atoms with van der Waals surface area (Å²) in [6, 6.07) is 21.2. The molecule has 0 radical (unpaired) electrons. The van der Waals surface area contributed by atoms with Crippen molar-refractivity contribution in [2.24, 2.45) is 0 Å². The molecule has 140 valence electrons. The minimum atomic E-state index is -0.0772. The van der Waals surface area contributed by atoms with E-state index in [1.165, 1.54) is 17.3 Å². The van der Waals surface area contributed by atoms with Crippen LogP contribution in [0.1, 0.15) is 11.3 Å². The Labute approximate surface area is 178 Å². The lowest BCUT2D eigenvalue weighted by Gasteiger charge is -2.14. The summed E-state index contributed by atoms with van der Waals surface area (Å²) in [4.78, 5) is 15.0. The molecule has 0 atom stereocenters. The Balaban J connectivity index is 1.48. The second-order valence-corrected chi connectivity index (χ2v) is 8.39. The van der Waals surface area contributed by atoms with Crippen molar-refractivity contribution in [3.8, 4) is 11.3 Å². The maximum atomic E-state index is 12.8. The maximum absolute atomic E-state index is 12.8. The first-order valence-corrected chi connectivity index (χ1v) is 10.4. The van der Waals surface area contributed by atoms with Crippen molar-refractivity contribution < 1.29 is 9.21 Å². The average molecular weight is 426 g/mol. The zero-order chi connectivity index (χ0) is 19.5. The first kappa shape index (κ1) is 19.0. The number of thiocarbonyl (C=S) groups is 1. The topological polar surface area (TPSA) is 33.5 Å². The number of carbonyl (C=O) groups excluding carboxylic acids is 1. The predicted molar refractivity (Wildman–Crippen MR) is 119 cm³/mol. The number of carbonyl (C=O) groups is 1. The number of hydrogen-bond donors (Lipinski definition) is 0. The highest BCUT2D eigenvalue weighted by Crippen LogP contribution is 2.34. The number of halogens is 1. The summed E-state index contributed by atoms with van der Waals surface area (Å²) in [5, 5.41) is 0.648. The third-order valence-corrected chi connectivity index (χ3v) is 5.96. The van der Waals surface area contributed by atoms with E-state index in [9.17, 15) is 4.79 Å².